The van der Waals surface area contributed by atoms with Gasteiger partial charge in [0.2, 0.25) is 0 Å². The van der Waals surface area contributed by atoms with Crippen molar-refractivity contribution < 1.29 is 0 Å². The van der Waals surface area contributed by atoms with E-state index in [1.54, 1.807) is 0 Å². The van der Waals surface area contributed by atoms with Gasteiger partial charge in [0.15, 0.2) is 0 Å². The first-order valence-electron chi connectivity index (χ1n) is 21.2. The lowest BCUT2D eigenvalue weighted by Gasteiger charge is -2.26. The first kappa shape index (κ1) is 40.9. The minimum atomic E-state index is -0.101. The molecule has 2 atom stereocenters. The standard InChI is InChI=1S/C53H48.2C2H6/c1-6-14-45(35-53(5)31-29-38(30-32-53)43-26-25-41-24-23-39-15-8-10-19-48(39)51(41)34-43)42-17-12-18-44(33-42)46-21-13-22-47(37(46)4)50-28-27-40-16-9-11-20-49(40)52(50)36(3)7-2;2*1-2/h6,8-31,33-36H,7,32H2,1-5H3;2*1-2H3/b14-6-,45-35+;;. The Bertz CT molecular complexity index is 2620. The second-order valence-electron chi connectivity index (χ2n) is 15.1. The lowest BCUT2D eigenvalue weighted by Crippen LogP contribution is -2.12. The number of allylic oxidation sites excluding steroid dienone is 8. The van der Waals surface area contributed by atoms with Gasteiger partial charge in [0, 0.05) is 5.41 Å². The highest BCUT2D eigenvalue weighted by Gasteiger charge is 2.22. The van der Waals surface area contributed by atoms with Crippen LogP contribution >= 0.6 is 0 Å². The van der Waals surface area contributed by atoms with Crippen LogP contribution in [0.15, 0.2) is 170 Å². The summed E-state index contributed by atoms with van der Waals surface area (Å²) in [6.07, 6.45) is 16.1. The number of hydrogen-bond acceptors (Lipinski definition) is 0. The highest BCUT2D eigenvalue weighted by molar-refractivity contribution is 6.08. The van der Waals surface area contributed by atoms with E-state index < -0.39 is 0 Å². The van der Waals surface area contributed by atoms with Crippen molar-refractivity contribution in [1.29, 1.82) is 0 Å². The molecular weight excluding hydrogens is 685 g/mol. The van der Waals surface area contributed by atoms with Crippen molar-refractivity contribution >= 4 is 43.5 Å². The van der Waals surface area contributed by atoms with Crippen LogP contribution < -0.4 is 0 Å². The Labute approximate surface area is 343 Å². The van der Waals surface area contributed by atoms with Crippen molar-refractivity contribution in [2.75, 3.05) is 0 Å². The first-order chi connectivity index (χ1) is 27.9. The topological polar surface area (TPSA) is 0 Å². The van der Waals surface area contributed by atoms with E-state index in [0.29, 0.717) is 5.92 Å². The molecule has 0 bridgehead atoms. The van der Waals surface area contributed by atoms with Gasteiger partial charge in [-0.05, 0) is 133 Å². The van der Waals surface area contributed by atoms with Gasteiger partial charge in [0.25, 0.3) is 0 Å². The maximum Gasteiger partial charge on any atom is 0.00799 e. The average molecular weight is 745 g/mol. The van der Waals surface area contributed by atoms with Crippen molar-refractivity contribution in [2.45, 2.75) is 81.1 Å². The molecule has 57 heavy (non-hydrogen) atoms. The monoisotopic (exact) mass is 744 g/mol. The predicted octanol–water partition coefficient (Wildman–Crippen LogP) is 17.4. The summed E-state index contributed by atoms with van der Waals surface area (Å²) in [4.78, 5) is 0. The van der Waals surface area contributed by atoms with Gasteiger partial charge in [-0.3, -0.25) is 0 Å². The van der Waals surface area contributed by atoms with Crippen molar-refractivity contribution in [3.05, 3.63) is 192 Å². The Morgan fingerprint density at radius 1 is 0.649 bits per heavy atom. The Morgan fingerprint density at radius 3 is 1.98 bits per heavy atom. The third kappa shape index (κ3) is 8.52. The maximum absolute atomic E-state index is 2.46. The van der Waals surface area contributed by atoms with Crippen molar-refractivity contribution in [3.8, 4) is 22.3 Å². The fraction of sp³-hybridized carbons (Fsp3) is 0.228. The zero-order valence-electron chi connectivity index (χ0n) is 35.7. The molecule has 0 nitrogen and oxygen atoms in total. The number of rotatable bonds is 8. The van der Waals surface area contributed by atoms with E-state index in [1.165, 1.54) is 88.0 Å². The molecule has 0 heterocycles. The molecule has 0 heteroatoms. The Morgan fingerprint density at radius 2 is 1.28 bits per heavy atom. The smallest absolute Gasteiger partial charge is 0.00799 e. The summed E-state index contributed by atoms with van der Waals surface area (Å²) < 4.78 is 0. The highest BCUT2D eigenvalue weighted by Crippen LogP contribution is 2.42. The van der Waals surface area contributed by atoms with Crippen LogP contribution in [0.3, 0.4) is 0 Å². The molecule has 0 amide bonds. The SMILES string of the molecule is C/C=C\C(=C/C1(C)C=CC(c2ccc3ccc4ccccc4c3c2)=CC1)c1cccc(-c2cccc(-c3ccc4ccccc4c3C(C)CC)c2C)c1.CC.CC. The molecular formula is C57H60. The van der Waals surface area contributed by atoms with Gasteiger partial charge >= 0.3 is 0 Å². The molecule has 1 aliphatic carbocycles. The third-order valence-corrected chi connectivity index (χ3v) is 11.5. The number of fused-ring (bicyclic) bond motifs is 4. The van der Waals surface area contributed by atoms with E-state index in [1.807, 2.05) is 27.7 Å². The van der Waals surface area contributed by atoms with E-state index in [-0.39, 0.29) is 5.41 Å². The van der Waals surface area contributed by atoms with E-state index in [2.05, 4.69) is 205 Å². The second-order valence-corrected chi connectivity index (χ2v) is 15.1. The first-order valence-corrected chi connectivity index (χ1v) is 21.2. The van der Waals surface area contributed by atoms with Gasteiger partial charge in [0.05, 0.1) is 0 Å². The minimum Gasteiger partial charge on any atom is -0.0871 e. The molecule has 0 saturated heterocycles. The summed E-state index contributed by atoms with van der Waals surface area (Å²) >= 11 is 0. The van der Waals surface area contributed by atoms with Crippen LogP contribution in [-0.4, -0.2) is 0 Å². The largest absolute Gasteiger partial charge is 0.0871 e. The fourth-order valence-electron chi connectivity index (χ4n) is 8.38. The molecule has 0 fully saturated rings. The third-order valence-electron chi connectivity index (χ3n) is 11.5. The summed E-state index contributed by atoms with van der Waals surface area (Å²) in [6.45, 7) is 19.4. The zero-order chi connectivity index (χ0) is 40.5. The second kappa shape index (κ2) is 18.5. The zero-order valence-corrected chi connectivity index (χ0v) is 35.7. The van der Waals surface area contributed by atoms with Gasteiger partial charge < -0.3 is 0 Å². The van der Waals surface area contributed by atoms with Crippen LogP contribution in [0, 0.1) is 12.3 Å². The molecule has 0 radical (unpaired) electrons. The van der Waals surface area contributed by atoms with Crippen LogP contribution in [-0.2, 0) is 0 Å². The molecule has 0 N–H and O–H groups in total. The van der Waals surface area contributed by atoms with Crippen molar-refractivity contribution in [3.63, 3.8) is 0 Å². The molecule has 288 valence electrons. The van der Waals surface area contributed by atoms with Gasteiger partial charge in [0.1, 0.15) is 0 Å². The van der Waals surface area contributed by atoms with Crippen LogP contribution in [0.4, 0.5) is 0 Å². The summed E-state index contributed by atoms with van der Waals surface area (Å²) in [7, 11) is 0. The van der Waals surface area contributed by atoms with E-state index in [4.69, 9.17) is 0 Å². The Hall–Kier alpha value is -5.72. The van der Waals surface area contributed by atoms with Crippen LogP contribution in [0.2, 0.25) is 0 Å². The fourth-order valence-corrected chi connectivity index (χ4v) is 8.38. The molecule has 2 unspecified atom stereocenters. The van der Waals surface area contributed by atoms with Gasteiger partial charge in [-0.2, -0.15) is 0 Å². The van der Waals surface area contributed by atoms with Crippen molar-refractivity contribution in [1.82, 2.24) is 0 Å². The molecule has 7 aromatic rings. The summed E-state index contributed by atoms with van der Waals surface area (Å²) in [5.74, 6) is 0.463. The van der Waals surface area contributed by atoms with Gasteiger partial charge in [-0.15, -0.1) is 0 Å². The molecule has 0 aromatic heterocycles. The van der Waals surface area contributed by atoms with E-state index in [9.17, 15) is 0 Å². The van der Waals surface area contributed by atoms with Crippen molar-refractivity contribution in [2.24, 2.45) is 5.41 Å². The average Bonchev–Trinajstić information content (AvgIpc) is 3.27. The minimum absolute atomic E-state index is 0.101. The van der Waals surface area contributed by atoms with E-state index >= 15 is 0 Å². The maximum atomic E-state index is 2.46. The predicted molar refractivity (Wildman–Crippen MR) is 255 cm³/mol. The molecule has 8 rings (SSSR count). The Kier molecular flexibility index (Phi) is 13.3. The highest BCUT2D eigenvalue weighted by atomic mass is 14.3. The van der Waals surface area contributed by atoms with Gasteiger partial charge in [-0.1, -0.05) is 206 Å². The molecule has 1 aliphatic rings. The summed E-state index contributed by atoms with van der Waals surface area (Å²) in [6, 6.07) is 49.5. The number of benzene rings is 7. The molecule has 0 aliphatic heterocycles. The van der Waals surface area contributed by atoms with Crippen LogP contribution in [0.1, 0.15) is 96.4 Å². The van der Waals surface area contributed by atoms with E-state index in [0.717, 1.165) is 12.8 Å². The van der Waals surface area contributed by atoms with Crippen LogP contribution in [0.25, 0.3) is 65.7 Å². The molecule has 0 saturated carbocycles. The van der Waals surface area contributed by atoms with Crippen LogP contribution in [0.5, 0.6) is 0 Å². The summed E-state index contributed by atoms with van der Waals surface area (Å²) in [5.41, 5.74) is 12.9. The van der Waals surface area contributed by atoms with Gasteiger partial charge in [-0.25, -0.2) is 0 Å². The number of hydrogen-bond donors (Lipinski definition) is 0. The normalized spacial score (nSPS) is 15.9. The molecule has 0 spiro atoms. The lowest BCUT2D eigenvalue weighted by atomic mass is 9.78. The molecule has 7 aromatic carbocycles. The summed E-state index contributed by atoms with van der Waals surface area (Å²) in [5, 5.41) is 7.87. The lowest BCUT2D eigenvalue weighted by molar-refractivity contribution is 0.560. The Balaban J connectivity index is 0.00000133. The quantitative estimate of drug-likeness (QED) is 0.107.